The number of anilines is 1. The second kappa shape index (κ2) is 13.3. The SMILES string of the molecule is CN(C)C(=O)N(/N=C(\c1ccccc1)N(C(=S)N(C)Cc1ccccc1)c1ccc([N+](=O)[O-])cc1)C(=O)N(C)C. The fourth-order valence-corrected chi connectivity index (χ4v) is 3.86. The molecule has 0 spiro atoms. The molecule has 0 aliphatic carbocycles. The van der Waals surface area contributed by atoms with Crippen molar-refractivity contribution in [2.45, 2.75) is 6.54 Å². The molecule has 0 aliphatic rings. The monoisotopic (exact) mass is 561 g/mol. The van der Waals surface area contributed by atoms with Crippen molar-refractivity contribution < 1.29 is 14.5 Å². The van der Waals surface area contributed by atoms with Gasteiger partial charge in [0.25, 0.3) is 5.69 Å². The van der Waals surface area contributed by atoms with Gasteiger partial charge < -0.3 is 14.7 Å². The highest BCUT2D eigenvalue weighted by atomic mass is 32.1. The molecule has 0 atom stereocenters. The van der Waals surface area contributed by atoms with Crippen molar-refractivity contribution in [2.75, 3.05) is 40.1 Å². The number of amides is 4. The van der Waals surface area contributed by atoms with Gasteiger partial charge in [0, 0.05) is 59.5 Å². The topological polar surface area (TPSA) is 106 Å². The summed E-state index contributed by atoms with van der Waals surface area (Å²) < 4.78 is 0. The molecule has 0 saturated carbocycles. The molecule has 40 heavy (non-hydrogen) atoms. The Morgan fingerprint density at radius 3 is 1.77 bits per heavy atom. The number of non-ortho nitro benzene ring substituents is 1. The predicted octanol–water partition coefficient (Wildman–Crippen LogP) is 4.85. The largest absolute Gasteiger partial charge is 0.348 e. The van der Waals surface area contributed by atoms with Crippen LogP contribution in [-0.4, -0.2) is 82.9 Å². The van der Waals surface area contributed by atoms with E-state index < -0.39 is 17.0 Å². The molecular formula is C28H31N7O4S. The van der Waals surface area contributed by atoms with Crippen molar-refractivity contribution in [2.24, 2.45) is 5.10 Å². The summed E-state index contributed by atoms with van der Waals surface area (Å²) in [5.41, 5.74) is 1.91. The van der Waals surface area contributed by atoms with E-state index >= 15 is 0 Å². The smallest absolute Gasteiger partial charge is 0.347 e. The van der Waals surface area contributed by atoms with Gasteiger partial charge in [0.05, 0.1) is 10.6 Å². The van der Waals surface area contributed by atoms with Crippen molar-refractivity contribution in [3.63, 3.8) is 0 Å². The highest BCUT2D eigenvalue weighted by molar-refractivity contribution is 7.80. The lowest BCUT2D eigenvalue weighted by Crippen LogP contribution is -2.49. The first kappa shape index (κ1) is 29.7. The van der Waals surface area contributed by atoms with E-state index in [0.717, 1.165) is 10.6 Å². The van der Waals surface area contributed by atoms with Crippen LogP contribution >= 0.6 is 12.2 Å². The minimum Gasteiger partial charge on any atom is -0.347 e. The Kier molecular flexibility index (Phi) is 9.87. The summed E-state index contributed by atoms with van der Waals surface area (Å²) >= 11 is 5.96. The molecule has 0 fully saturated rings. The predicted molar refractivity (Wildman–Crippen MR) is 159 cm³/mol. The average molecular weight is 562 g/mol. The van der Waals surface area contributed by atoms with Gasteiger partial charge in [0.2, 0.25) is 0 Å². The van der Waals surface area contributed by atoms with Crippen LogP contribution in [0.4, 0.5) is 21.0 Å². The minimum atomic E-state index is -0.667. The van der Waals surface area contributed by atoms with Crippen LogP contribution in [0.25, 0.3) is 0 Å². The third kappa shape index (κ3) is 7.17. The molecule has 0 bridgehead atoms. The van der Waals surface area contributed by atoms with Gasteiger partial charge >= 0.3 is 12.1 Å². The highest BCUT2D eigenvalue weighted by Crippen LogP contribution is 2.25. The maximum atomic E-state index is 13.1. The van der Waals surface area contributed by atoms with E-state index in [1.165, 1.54) is 50.1 Å². The number of hydrogen-bond acceptors (Lipinski definition) is 6. The fraction of sp³-hybridized carbons (Fsp3) is 0.214. The third-order valence-electron chi connectivity index (χ3n) is 5.67. The summed E-state index contributed by atoms with van der Waals surface area (Å²) in [6, 6.07) is 23.1. The maximum absolute atomic E-state index is 13.1. The number of carbonyl (C=O) groups is 2. The molecule has 11 nitrogen and oxygen atoms in total. The lowest BCUT2D eigenvalue weighted by atomic mass is 10.1. The molecule has 0 saturated heterocycles. The fourth-order valence-electron chi connectivity index (χ4n) is 3.60. The second-order valence-corrected chi connectivity index (χ2v) is 9.55. The lowest BCUT2D eigenvalue weighted by Gasteiger charge is -2.33. The number of imide groups is 1. The van der Waals surface area contributed by atoms with Gasteiger partial charge in [-0.15, -0.1) is 10.1 Å². The first-order valence-electron chi connectivity index (χ1n) is 12.2. The number of urea groups is 2. The molecule has 12 heteroatoms. The summed E-state index contributed by atoms with van der Waals surface area (Å²) in [4.78, 5) is 43.0. The van der Waals surface area contributed by atoms with E-state index in [2.05, 4.69) is 5.10 Å². The summed E-state index contributed by atoms with van der Waals surface area (Å²) in [5.74, 6) is 0.171. The number of benzene rings is 3. The standard InChI is InChI=1S/C28H31N7O4S/c1-30(2)26(36)34(27(37)31(3)4)29-25(22-14-10-7-11-15-22)33(23-16-18-24(19-17-23)35(38)39)28(40)32(5)20-21-12-8-6-9-13-21/h6-19H,20H2,1-5H3/b29-25+. The van der Waals surface area contributed by atoms with Crippen molar-refractivity contribution >= 4 is 46.6 Å². The number of nitro benzene ring substituents is 1. The van der Waals surface area contributed by atoms with Crippen LogP contribution in [-0.2, 0) is 6.54 Å². The van der Waals surface area contributed by atoms with E-state index in [4.69, 9.17) is 12.2 Å². The van der Waals surface area contributed by atoms with Gasteiger partial charge in [-0.2, -0.15) is 0 Å². The molecule has 0 aromatic heterocycles. The van der Waals surface area contributed by atoms with Gasteiger partial charge in [-0.3, -0.25) is 15.0 Å². The van der Waals surface area contributed by atoms with Gasteiger partial charge in [-0.1, -0.05) is 60.7 Å². The average Bonchev–Trinajstić information content (AvgIpc) is 2.95. The molecule has 0 aliphatic heterocycles. The molecule has 4 amide bonds. The number of nitro groups is 1. The summed E-state index contributed by atoms with van der Waals surface area (Å²) in [6.45, 7) is 0.447. The molecular weight excluding hydrogens is 530 g/mol. The quantitative estimate of drug-likeness (QED) is 0.139. The first-order valence-corrected chi connectivity index (χ1v) is 12.6. The third-order valence-corrected chi connectivity index (χ3v) is 6.16. The summed E-state index contributed by atoms with van der Waals surface area (Å²) in [5, 5.41) is 17.0. The molecule has 3 aromatic carbocycles. The van der Waals surface area contributed by atoms with Crippen molar-refractivity contribution in [1.29, 1.82) is 0 Å². The number of hydrazone groups is 1. The van der Waals surface area contributed by atoms with Gasteiger partial charge in [0.15, 0.2) is 10.9 Å². The Labute approximate surface area is 238 Å². The van der Waals surface area contributed by atoms with Crippen LogP contribution in [0.5, 0.6) is 0 Å². The lowest BCUT2D eigenvalue weighted by molar-refractivity contribution is -0.384. The Bertz CT molecular complexity index is 1360. The van der Waals surface area contributed by atoms with E-state index in [-0.39, 0.29) is 16.6 Å². The Hall–Kier alpha value is -4.84. The number of thiocarbonyl (C=S) groups is 1. The van der Waals surface area contributed by atoms with Crippen molar-refractivity contribution in [3.05, 3.63) is 106 Å². The first-order chi connectivity index (χ1) is 19.0. The normalized spacial score (nSPS) is 10.9. The van der Waals surface area contributed by atoms with Crippen LogP contribution in [0.15, 0.2) is 90.0 Å². The molecule has 0 radical (unpaired) electrons. The Morgan fingerprint density at radius 1 is 0.800 bits per heavy atom. The number of amidine groups is 1. The van der Waals surface area contributed by atoms with Crippen LogP contribution in [0.1, 0.15) is 11.1 Å². The molecule has 3 rings (SSSR count). The van der Waals surface area contributed by atoms with Crippen LogP contribution < -0.4 is 4.90 Å². The van der Waals surface area contributed by atoms with Crippen LogP contribution in [0.3, 0.4) is 0 Å². The Morgan fingerprint density at radius 2 is 1.30 bits per heavy atom. The molecule has 0 heterocycles. The minimum absolute atomic E-state index is 0.0994. The second-order valence-electron chi connectivity index (χ2n) is 9.19. The van der Waals surface area contributed by atoms with Gasteiger partial charge in [-0.05, 0) is 29.9 Å². The zero-order valence-electron chi connectivity index (χ0n) is 23.0. The van der Waals surface area contributed by atoms with E-state index in [1.54, 1.807) is 41.3 Å². The zero-order valence-corrected chi connectivity index (χ0v) is 23.8. The molecule has 208 valence electrons. The zero-order chi connectivity index (χ0) is 29.4. The van der Waals surface area contributed by atoms with E-state index in [9.17, 15) is 19.7 Å². The number of nitrogens with zero attached hydrogens (tertiary/aromatic N) is 7. The van der Waals surface area contributed by atoms with Crippen molar-refractivity contribution in [1.82, 2.24) is 19.7 Å². The van der Waals surface area contributed by atoms with E-state index in [0.29, 0.717) is 17.8 Å². The van der Waals surface area contributed by atoms with Gasteiger partial charge in [-0.25, -0.2) is 9.59 Å². The summed E-state index contributed by atoms with van der Waals surface area (Å²) in [6.07, 6.45) is 0. The van der Waals surface area contributed by atoms with E-state index in [1.807, 2.05) is 48.3 Å². The molecule has 0 unspecified atom stereocenters. The molecule has 3 aromatic rings. The Balaban J connectivity index is 2.25. The van der Waals surface area contributed by atoms with Crippen molar-refractivity contribution in [3.8, 4) is 0 Å². The number of rotatable bonds is 6. The van der Waals surface area contributed by atoms with Crippen LogP contribution in [0, 0.1) is 10.1 Å². The highest BCUT2D eigenvalue weighted by Gasteiger charge is 2.30. The number of hydrogen-bond donors (Lipinski definition) is 0. The summed E-state index contributed by atoms with van der Waals surface area (Å²) in [7, 11) is 7.87. The number of carbonyl (C=O) groups excluding carboxylic acids is 2. The van der Waals surface area contributed by atoms with Gasteiger partial charge in [0.1, 0.15) is 0 Å². The maximum Gasteiger partial charge on any atom is 0.348 e. The van der Waals surface area contributed by atoms with Crippen LogP contribution in [0.2, 0.25) is 0 Å². The molecule has 0 N–H and O–H groups in total.